The Bertz CT molecular complexity index is 330. The summed E-state index contributed by atoms with van der Waals surface area (Å²) >= 11 is 0. The molecule has 0 aromatic carbocycles. The van der Waals surface area contributed by atoms with E-state index in [9.17, 15) is 0 Å². The molecule has 1 aromatic rings. The van der Waals surface area contributed by atoms with Gasteiger partial charge in [0.15, 0.2) is 0 Å². The standard InChI is InChI=1S/C11H14N2O/c1-3-4-9(2)14-11-7-10(8-12)5-6-13-11/h5-7,9H,3-4H2,1-2H3. The summed E-state index contributed by atoms with van der Waals surface area (Å²) in [6.45, 7) is 4.11. The van der Waals surface area contributed by atoms with E-state index in [0.717, 1.165) is 12.8 Å². The lowest BCUT2D eigenvalue weighted by atomic mass is 10.2. The maximum absolute atomic E-state index is 8.67. The fourth-order valence-corrected chi connectivity index (χ4v) is 1.22. The van der Waals surface area contributed by atoms with E-state index >= 15 is 0 Å². The summed E-state index contributed by atoms with van der Waals surface area (Å²) in [4.78, 5) is 4.04. The summed E-state index contributed by atoms with van der Waals surface area (Å²) in [6, 6.07) is 5.38. The third kappa shape index (κ3) is 3.06. The molecule has 74 valence electrons. The van der Waals surface area contributed by atoms with E-state index in [-0.39, 0.29) is 6.10 Å². The fraction of sp³-hybridized carbons (Fsp3) is 0.455. The van der Waals surface area contributed by atoms with Crippen LogP contribution in [0.4, 0.5) is 0 Å². The summed E-state index contributed by atoms with van der Waals surface area (Å²) < 4.78 is 5.54. The Hall–Kier alpha value is -1.56. The van der Waals surface area contributed by atoms with Crippen molar-refractivity contribution >= 4 is 0 Å². The van der Waals surface area contributed by atoms with Crippen LogP contribution in [-0.2, 0) is 0 Å². The predicted octanol–water partition coefficient (Wildman–Crippen LogP) is 2.52. The first-order chi connectivity index (χ1) is 6.76. The van der Waals surface area contributed by atoms with Gasteiger partial charge >= 0.3 is 0 Å². The van der Waals surface area contributed by atoms with Gasteiger partial charge in [0.1, 0.15) is 0 Å². The highest BCUT2D eigenvalue weighted by Gasteiger charge is 2.03. The maximum Gasteiger partial charge on any atom is 0.214 e. The Kier molecular flexibility index (Phi) is 3.93. The van der Waals surface area contributed by atoms with Crippen molar-refractivity contribution in [1.82, 2.24) is 4.98 Å². The zero-order valence-corrected chi connectivity index (χ0v) is 8.53. The predicted molar refractivity (Wildman–Crippen MR) is 54.0 cm³/mol. The van der Waals surface area contributed by atoms with Crippen molar-refractivity contribution in [3.8, 4) is 11.9 Å². The molecule has 0 saturated heterocycles. The van der Waals surface area contributed by atoms with Gasteiger partial charge in [-0.1, -0.05) is 13.3 Å². The zero-order chi connectivity index (χ0) is 10.4. The van der Waals surface area contributed by atoms with Crippen LogP contribution in [-0.4, -0.2) is 11.1 Å². The Morgan fingerprint density at radius 1 is 1.64 bits per heavy atom. The fourth-order valence-electron chi connectivity index (χ4n) is 1.22. The van der Waals surface area contributed by atoms with E-state index in [4.69, 9.17) is 10.00 Å². The number of aromatic nitrogens is 1. The molecule has 3 nitrogen and oxygen atoms in total. The van der Waals surface area contributed by atoms with E-state index in [1.807, 2.05) is 6.92 Å². The van der Waals surface area contributed by atoms with Crippen LogP contribution < -0.4 is 4.74 Å². The summed E-state index contributed by atoms with van der Waals surface area (Å²) in [5, 5.41) is 8.67. The molecular formula is C11H14N2O. The largest absolute Gasteiger partial charge is 0.475 e. The van der Waals surface area contributed by atoms with Gasteiger partial charge in [-0.25, -0.2) is 4.98 Å². The molecule has 0 radical (unpaired) electrons. The number of hydrogen-bond donors (Lipinski definition) is 0. The number of rotatable bonds is 4. The molecule has 0 aliphatic heterocycles. The van der Waals surface area contributed by atoms with Gasteiger partial charge in [-0.05, 0) is 19.4 Å². The van der Waals surface area contributed by atoms with Gasteiger partial charge in [0.2, 0.25) is 5.88 Å². The lowest BCUT2D eigenvalue weighted by Gasteiger charge is -2.12. The van der Waals surface area contributed by atoms with Gasteiger partial charge < -0.3 is 4.74 Å². The summed E-state index contributed by atoms with van der Waals surface area (Å²) in [6.07, 6.45) is 3.82. The molecule has 1 rings (SSSR count). The van der Waals surface area contributed by atoms with E-state index in [1.165, 1.54) is 0 Å². The average Bonchev–Trinajstić information content (AvgIpc) is 2.18. The topological polar surface area (TPSA) is 45.9 Å². The van der Waals surface area contributed by atoms with Crippen molar-refractivity contribution in [1.29, 1.82) is 5.26 Å². The molecule has 0 amide bonds. The van der Waals surface area contributed by atoms with Crippen molar-refractivity contribution in [3.05, 3.63) is 23.9 Å². The van der Waals surface area contributed by atoms with Gasteiger partial charge in [-0.15, -0.1) is 0 Å². The lowest BCUT2D eigenvalue weighted by molar-refractivity contribution is 0.201. The van der Waals surface area contributed by atoms with Crippen LogP contribution in [0.25, 0.3) is 0 Å². The van der Waals surface area contributed by atoms with Gasteiger partial charge in [-0.2, -0.15) is 5.26 Å². The van der Waals surface area contributed by atoms with Crippen LogP contribution >= 0.6 is 0 Å². The van der Waals surface area contributed by atoms with E-state index in [0.29, 0.717) is 11.4 Å². The molecule has 0 spiro atoms. The Morgan fingerprint density at radius 2 is 2.43 bits per heavy atom. The molecule has 1 atom stereocenters. The molecule has 0 bridgehead atoms. The number of hydrogen-bond acceptors (Lipinski definition) is 3. The highest BCUT2D eigenvalue weighted by molar-refractivity contribution is 5.31. The third-order valence-corrected chi connectivity index (χ3v) is 1.88. The SMILES string of the molecule is CCCC(C)Oc1cc(C#N)ccn1. The highest BCUT2D eigenvalue weighted by Crippen LogP contribution is 2.12. The molecule has 14 heavy (non-hydrogen) atoms. The molecule has 0 aliphatic rings. The molecule has 3 heteroatoms. The summed E-state index contributed by atoms with van der Waals surface area (Å²) in [5.74, 6) is 0.532. The molecular weight excluding hydrogens is 176 g/mol. The van der Waals surface area contributed by atoms with Gasteiger partial charge in [0.25, 0.3) is 0 Å². The highest BCUT2D eigenvalue weighted by atomic mass is 16.5. The minimum Gasteiger partial charge on any atom is -0.475 e. The second kappa shape index (κ2) is 5.23. The minimum atomic E-state index is 0.154. The molecule has 1 aromatic heterocycles. The lowest BCUT2D eigenvalue weighted by Crippen LogP contribution is -2.11. The Morgan fingerprint density at radius 3 is 3.07 bits per heavy atom. The van der Waals surface area contributed by atoms with Crippen LogP contribution in [0.5, 0.6) is 5.88 Å². The van der Waals surface area contributed by atoms with Crippen molar-refractivity contribution in [2.24, 2.45) is 0 Å². The number of pyridine rings is 1. The van der Waals surface area contributed by atoms with Crippen LogP contribution in [0.15, 0.2) is 18.3 Å². The second-order valence-electron chi connectivity index (χ2n) is 3.21. The van der Waals surface area contributed by atoms with Crippen molar-refractivity contribution < 1.29 is 4.74 Å². The summed E-state index contributed by atoms with van der Waals surface area (Å²) in [7, 11) is 0. The average molecular weight is 190 g/mol. The van der Waals surface area contributed by atoms with Gasteiger partial charge in [-0.3, -0.25) is 0 Å². The number of nitrogens with zero attached hydrogens (tertiary/aromatic N) is 2. The van der Waals surface area contributed by atoms with Crippen LogP contribution in [0, 0.1) is 11.3 Å². The van der Waals surface area contributed by atoms with E-state index in [2.05, 4.69) is 18.0 Å². The quantitative estimate of drug-likeness (QED) is 0.732. The zero-order valence-electron chi connectivity index (χ0n) is 8.53. The van der Waals surface area contributed by atoms with Gasteiger partial charge in [0.05, 0.1) is 17.7 Å². The first-order valence-corrected chi connectivity index (χ1v) is 4.79. The van der Waals surface area contributed by atoms with Crippen molar-refractivity contribution in [2.45, 2.75) is 32.8 Å². The second-order valence-corrected chi connectivity index (χ2v) is 3.21. The molecule has 1 heterocycles. The van der Waals surface area contributed by atoms with E-state index in [1.54, 1.807) is 18.3 Å². The Labute approximate surface area is 84.3 Å². The molecule has 0 fully saturated rings. The maximum atomic E-state index is 8.67. The van der Waals surface area contributed by atoms with Crippen LogP contribution in [0.3, 0.4) is 0 Å². The molecule has 0 saturated carbocycles. The first kappa shape index (κ1) is 10.5. The number of ether oxygens (including phenoxy) is 1. The van der Waals surface area contributed by atoms with Gasteiger partial charge in [0, 0.05) is 12.3 Å². The van der Waals surface area contributed by atoms with Crippen molar-refractivity contribution in [3.63, 3.8) is 0 Å². The normalized spacial score (nSPS) is 11.8. The first-order valence-electron chi connectivity index (χ1n) is 4.79. The molecule has 1 unspecified atom stereocenters. The van der Waals surface area contributed by atoms with Crippen molar-refractivity contribution in [2.75, 3.05) is 0 Å². The Balaban J connectivity index is 2.63. The van der Waals surface area contributed by atoms with E-state index < -0.39 is 0 Å². The monoisotopic (exact) mass is 190 g/mol. The molecule has 0 N–H and O–H groups in total. The smallest absolute Gasteiger partial charge is 0.214 e. The third-order valence-electron chi connectivity index (χ3n) is 1.88. The summed E-state index contributed by atoms with van der Waals surface area (Å²) in [5.41, 5.74) is 0.582. The van der Waals surface area contributed by atoms with Crippen LogP contribution in [0.1, 0.15) is 32.3 Å². The molecule has 0 aliphatic carbocycles. The minimum absolute atomic E-state index is 0.154. The van der Waals surface area contributed by atoms with Crippen LogP contribution in [0.2, 0.25) is 0 Å². The number of nitriles is 1.